The van der Waals surface area contributed by atoms with Gasteiger partial charge in [-0.2, -0.15) is 0 Å². The second-order valence-electron chi connectivity index (χ2n) is 3.64. The molecule has 84 valence electrons. The first-order chi connectivity index (χ1) is 7.66. The lowest BCUT2D eigenvalue weighted by Gasteiger charge is -2.12. The van der Waals surface area contributed by atoms with Crippen molar-refractivity contribution in [3.05, 3.63) is 34.4 Å². The zero-order chi connectivity index (χ0) is 11.5. The monoisotopic (exact) mass is 220 g/mol. The number of rotatable bonds is 3. The molecule has 0 aliphatic heterocycles. The van der Waals surface area contributed by atoms with Crippen molar-refractivity contribution < 1.29 is 4.92 Å². The average molecular weight is 220 g/mol. The van der Waals surface area contributed by atoms with E-state index in [2.05, 4.69) is 22.5 Å². The Morgan fingerprint density at radius 3 is 2.69 bits per heavy atom. The highest BCUT2D eigenvalue weighted by atomic mass is 16.6. The Balaban J connectivity index is 2.11. The van der Waals surface area contributed by atoms with Crippen molar-refractivity contribution in [3.8, 4) is 0 Å². The van der Waals surface area contributed by atoms with E-state index in [1.165, 1.54) is 6.07 Å². The molecular formula is C10H12N4O2. The van der Waals surface area contributed by atoms with Crippen molar-refractivity contribution in [3.63, 3.8) is 0 Å². The number of nitrogens with two attached hydrogens (primary N) is 1. The number of nitrogen functional groups attached to an aromatic ring is 1. The smallest absolute Gasteiger partial charge is 0.311 e. The summed E-state index contributed by atoms with van der Waals surface area (Å²) in [6.07, 6.45) is 6.07. The van der Waals surface area contributed by atoms with Gasteiger partial charge < -0.3 is 11.1 Å². The summed E-state index contributed by atoms with van der Waals surface area (Å²) in [5, 5.41) is 13.7. The van der Waals surface area contributed by atoms with Gasteiger partial charge in [-0.1, -0.05) is 12.2 Å². The lowest BCUT2D eigenvalue weighted by Crippen LogP contribution is -2.16. The molecule has 0 unspecified atom stereocenters. The van der Waals surface area contributed by atoms with E-state index in [1.807, 2.05) is 0 Å². The summed E-state index contributed by atoms with van der Waals surface area (Å²) < 4.78 is 0. The fraction of sp³-hybridized carbons (Fsp3) is 0.300. The molecule has 1 aromatic rings. The van der Waals surface area contributed by atoms with Crippen molar-refractivity contribution in [1.29, 1.82) is 0 Å². The van der Waals surface area contributed by atoms with Crippen molar-refractivity contribution in [2.24, 2.45) is 0 Å². The molecule has 1 aliphatic carbocycles. The minimum Gasteiger partial charge on any atom is -0.378 e. The van der Waals surface area contributed by atoms with Crippen molar-refractivity contribution in [1.82, 2.24) is 4.98 Å². The Morgan fingerprint density at radius 2 is 2.12 bits per heavy atom. The number of aromatic nitrogens is 1. The van der Waals surface area contributed by atoms with Gasteiger partial charge in [0.05, 0.1) is 4.92 Å². The normalized spacial score (nSPS) is 15.2. The van der Waals surface area contributed by atoms with E-state index in [-0.39, 0.29) is 11.5 Å². The Labute approximate surface area is 92.3 Å². The van der Waals surface area contributed by atoms with Gasteiger partial charge in [0.2, 0.25) is 5.82 Å². The molecule has 1 aliphatic rings. The molecule has 1 aromatic heterocycles. The van der Waals surface area contributed by atoms with Gasteiger partial charge in [0.1, 0.15) is 5.82 Å². The lowest BCUT2D eigenvalue weighted by molar-refractivity contribution is -0.384. The molecule has 0 bridgehead atoms. The fourth-order valence-electron chi connectivity index (χ4n) is 1.65. The Hall–Kier alpha value is -2.11. The summed E-state index contributed by atoms with van der Waals surface area (Å²) >= 11 is 0. The minimum atomic E-state index is -0.538. The molecule has 3 N–H and O–H groups in total. The molecule has 6 heteroatoms. The van der Waals surface area contributed by atoms with Gasteiger partial charge in [-0.05, 0) is 18.9 Å². The SMILES string of the molecule is Nc1nc(NC2CC=CC2)ccc1[N+](=O)[O-]. The molecule has 2 rings (SSSR count). The fourth-order valence-corrected chi connectivity index (χ4v) is 1.65. The number of anilines is 2. The highest BCUT2D eigenvalue weighted by molar-refractivity contribution is 5.57. The van der Waals surface area contributed by atoms with E-state index >= 15 is 0 Å². The number of hydrogen-bond donors (Lipinski definition) is 2. The van der Waals surface area contributed by atoms with E-state index in [9.17, 15) is 10.1 Å². The second-order valence-corrected chi connectivity index (χ2v) is 3.64. The number of pyridine rings is 1. The summed E-state index contributed by atoms with van der Waals surface area (Å²) in [6.45, 7) is 0. The summed E-state index contributed by atoms with van der Waals surface area (Å²) in [7, 11) is 0. The zero-order valence-electron chi connectivity index (χ0n) is 8.59. The number of nitro groups is 1. The van der Waals surface area contributed by atoms with Gasteiger partial charge in [0.15, 0.2) is 0 Å². The van der Waals surface area contributed by atoms with Crippen LogP contribution >= 0.6 is 0 Å². The summed E-state index contributed by atoms with van der Waals surface area (Å²) in [6, 6.07) is 3.26. The molecule has 16 heavy (non-hydrogen) atoms. The average Bonchev–Trinajstić information content (AvgIpc) is 2.70. The molecule has 6 nitrogen and oxygen atoms in total. The second kappa shape index (κ2) is 4.18. The van der Waals surface area contributed by atoms with Crippen LogP contribution in [0.25, 0.3) is 0 Å². The van der Waals surface area contributed by atoms with E-state index < -0.39 is 4.92 Å². The van der Waals surface area contributed by atoms with Gasteiger partial charge in [0.25, 0.3) is 0 Å². The molecule has 0 atom stereocenters. The summed E-state index contributed by atoms with van der Waals surface area (Å²) in [5.74, 6) is 0.526. The van der Waals surface area contributed by atoms with Gasteiger partial charge in [-0.25, -0.2) is 4.98 Å². The first kappa shape index (κ1) is 10.4. The Bertz CT molecular complexity index is 436. The van der Waals surface area contributed by atoms with Crippen LogP contribution in [0, 0.1) is 10.1 Å². The van der Waals surface area contributed by atoms with Gasteiger partial charge in [0, 0.05) is 12.1 Å². The quantitative estimate of drug-likeness (QED) is 0.459. The lowest BCUT2D eigenvalue weighted by atomic mass is 10.2. The molecule has 1 heterocycles. The molecule has 0 radical (unpaired) electrons. The van der Waals surface area contributed by atoms with E-state index in [0.717, 1.165) is 12.8 Å². The van der Waals surface area contributed by atoms with E-state index in [0.29, 0.717) is 11.9 Å². The Morgan fingerprint density at radius 1 is 1.44 bits per heavy atom. The highest BCUT2D eigenvalue weighted by Gasteiger charge is 2.15. The predicted octanol–water partition coefficient (Wildman–Crippen LogP) is 1.70. The molecule has 0 aromatic carbocycles. The van der Waals surface area contributed by atoms with Crippen molar-refractivity contribution >= 4 is 17.3 Å². The highest BCUT2D eigenvalue weighted by Crippen LogP contribution is 2.22. The minimum absolute atomic E-state index is 0.0547. The summed E-state index contributed by atoms with van der Waals surface area (Å²) in [4.78, 5) is 13.9. The van der Waals surface area contributed by atoms with Gasteiger partial charge >= 0.3 is 5.69 Å². The van der Waals surface area contributed by atoms with Crippen LogP contribution in [0.2, 0.25) is 0 Å². The van der Waals surface area contributed by atoms with Crippen LogP contribution in [0.4, 0.5) is 17.3 Å². The molecule has 0 saturated carbocycles. The van der Waals surface area contributed by atoms with Gasteiger partial charge in [-0.3, -0.25) is 10.1 Å². The van der Waals surface area contributed by atoms with Gasteiger partial charge in [-0.15, -0.1) is 0 Å². The number of hydrogen-bond acceptors (Lipinski definition) is 5. The van der Waals surface area contributed by atoms with Crippen LogP contribution < -0.4 is 11.1 Å². The van der Waals surface area contributed by atoms with Crippen LogP contribution in [0.5, 0.6) is 0 Å². The first-order valence-corrected chi connectivity index (χ1v) is 4.99. The van der Waals surface area contributed by atoms with Crippen LogP contribution in [0.3, 0.4) is 0 Å². The van der Waals surface area contributed by atoms with Crippen molar-refractivity contribution in [2.45, 2.75) is 18.9 Å². The molecule has 0 saturated heterocycles. The van der Waals surface area contributed by atoms with E-state index in [1.54, 1.807) is 6.07 Å². The van der Waals surface area contributed by atoms with Crippen LogP contribution in [0.1, 0.15) is 12.8 Å². The molecule has 0 amide bonds. The maximum Gasteiger partial charge on any atom is 0.311 e. The third-order valence-electron chi connectivity index (χ3n) is 2.46. The largest absolute Gasteiger partial charge is 0.378 e. The predicted molar refractivity (Wildman–Crippen MR) is 61.1 cm³/mol. The number of nitrogens with zero attached hydrogens (tertiary/aromatic N) is 2. The van der Waals surface area contributed by atoms with Crippen LogP contribution in [-0.2, 0) is 0 Å². The van der Waals surface area contributed by atoms with Crippen LogP contribution in [-0.4, -0.2) is 15.9 Å². The third kappa shape index (κ3) is 2.10. The first-order valence-electron chi connectivity index (χ1n) is 4.99. The molecular weight excluding hydrogens is 208 g/mol. The third-order valence-corrected chi connectivity index (χ3v) is 2.46. The topological polar surface area (TPSA) is 94.1 Å². The summed E-state index contributed by atoms with van der Waals surface area (Å²) in [5.41, 5.74) is 5.33. The molecule has 0 fully saturated rings. The maximum atomic E-state index is 10.5. The molecule has 0 spiro atoms. The van der Waals surface area contributed by atoms with Crippen molar-refractivity contribution in [2.75, 3.05) is 11.1 Å². The standard InChI is InChI=1S/C10H12N4O2/c11-10-8(14(15)16)5-6-9(13-10)12-7-3-1-2-4-7/h1-2,5-7H,3-4H2,(H3,11,12,13). The van der Waals surface area contributed by atoms with Crippen LogP contribution in [0.15, 0.2) is 24.3 Å². The zero-order valence-corrected chi connectivity index (χ0v) is 8.59. The number of nitrogens with one attached hydrogen (secondary N) is 1. The van der Waals surface area contributed by atoms with E-state index in [4.69, 9.17) is 5.73 Å². The Kier molecular flexibility index (Phi) is 2.72. The maximum absolute atomic E-state index is 10.5.